The predicted octanol–water partition coefficient (Wildman–Crippen LogP) is 1.25. The van der Waals surface area contributed by atoms with Gasteiger partial charge in [0.15, 0.2) is 6.29 Å². The van der Waals surface area contributed by atoms with Gasteiger partial charge in [0.1, 0.15) is 0 Å². The largest absolute Gasteiger partial charge is 0.469 e. The van der Waals surface area contributed by atoms with Gasteiger partial charge in [-0.1, -0.05) is 0 Å². The van der Waals surface area contributed by atoms with E-state index in [0.29, 0.717) is 12.0 Å². The highest BCUT2D eigenvalue weighted by Crippen LogP contribution is 2.01. The van der Waals surface area contributed by atoms with Crippen molar-refractivity contribution in [2.75, 3.05) is 7.11 Å². The van der Waals surface area contributed by atoms with Gasteiger partial charge in [0.05, 0.1) is 7.11 Å². The number of rotatable bonds is 5. The number of nitrogens with zero attached hydrogens (tertiary/aromatic N) is 1. The Bertz CT molecular complexity index is 317. The first kappa shape index (κ1) is 10.5. The van der Waals surface area contributed by atoms with Crippen LogP contribution in [0.25, 0.3) is 0 Å². The summed E-state index contributed by atoms with van der Waals surface area (Å²) in [5.74, 6) is -0.201. The zero-order valence-electron chi connectivity index (χ0n) is 8.10. The number of esters is 1. The van der Waals surface area contributed by atoms with Crippen molar-refractivity contribution >= 4 is 12.3 Å². The number of carbonyl (C=O) groups is 2. The Morgan fingerprint density at radius 3 is 3.00 bits per heavy atom. The SMILES string of the molecule is COC(=O)CCCn1ccc(C=O)c1. The summed E-state index contributed by atoms with van der Waals surface area (Å²) in [6.07, 6.45) is 5.51. The number of hydrogen-bond acceptors (Lipinski definition) is 3. The molecule has 0 unspecified atom stereocenters. The average Bonchev–Trinajstić information content (AvgIpc) is 2.65. The Labute approximate surface area is 82.5 Å². The standard InChI is InChI=1S/C10H13NO3/c1-14-10(13)3-2-5-11-6-4-9(7-11)8-12/h4,6-8H,2-3,5H2,1H3. The molecule has 0 spiro atoms. The Morgan fingerprint density at radius 1 is 1.64 bits per heavy atom. The van der Waals surface area contributed by atoms with Crippen LogP contribution in [0.5, 0.6) is 0 Å². The van der Waals surface area contributed by atoms with Crippen LogP contribution >= 0.6 is 0 Å². The maximum absolute atomic E-state index is 10.8. The van der Waals surface area contributed by atoms with Crippen molar-refractivity contribution in [3.05, 3.63) is 24.0 Å². The Kier molecular flexibility index (Phi) is 3.91. The van der Waals surface area contributed by atoms with Gasteiger partial charge >= 0.3 is 5.97 Å². The van der Waals surface area contributed by atoms with Crippen molar-refractivity contribution < 1.29 is 14.3 Å². The summed E-state index contributed by atoms with van der Waals surface area (Å²) in [5, 5.41) is 0. The smallest absolute Gasteiger partial charge is 0.305 e. The van der Waals surface area contributed by atoms with Gasteiger partial charge in [-0.3, -0.25) is 9.59 Å². The lowest BCUT2D eigenvalue weighted by atomic mass is 10.3. The van der Waals surface area contributed by atoms with Gasteiger partial charge in [-0.05, 0) is 12.5 Å². The summed E-state index contributed by atoms with van der Waals surface area (Å²) in [6.45, 7) is 0.725. The zero-order chi connectivity index (χ0) is 10.4. The van der Waals surface area contributed by atoms with Crippen LogP contribution in [0.4, 0.5) is 0 Å². The zero-order valence-corrected chi connectivity index (χ0v) is 8.10. The van der Waals surface area contributed by atoms with Crippen molar-refractivity contribution in [2.24, 2.45) is 0 Å². The minimum atomic E-state index is -0.201. The van der Waals surface area contributed by atoms with Gasteiger partial charge in [0.25, 0.3) is 0 Å². The van der Waals surface area contributed by atoms with Crippen LogP contribution in [-0.2, 0) is 16.1 Å². The third-order valence-corrected chi connectivity index (χ3v) is 1.93. The van der Waals surface area contributed by atoms with E-state index in [4.69, 9.17) is 0 Å². The lowest BCUT2D eigenvalue weighted by Crippen LogP contribution is -2.02. The number of aromatic nitrogens is 1. The summed E-state index contributed by atoms with van der Waals surface area (Å²) < 4.78 is 6.39. The number of hydrogen-bond donors (Lipinski definition) is 0. The lowest BCUT2D eigenvalue weighted by Gasteiger charge is -2.01. The summed E-state index contributed by atoms with van der Waals surface area (Å²) in [4.78, 5) is 21.1. The van der Waals surface area contributed by atoms with Crippen molar-refractivity contribution in [1.82, 2.24) is 4.57 Å². The quantitative estimate of drug-likeness (QED) is 0.525. The molecule has 0 aliphatic carbocycles. The maximum atomic E-state index is 10.8. The summed E-state index contributed by atoms with van der Waals surface area (Å²) in [6, 6.07) is 1.74. The highest BCUT2D eigenvalue weighted by molar-refractivity contribution is 5.74. The minimum Gasteiger partial charge on any atom is -0.469 e. The van der Waals surface area contributed by atoms with E-state index in [9.17, 15) is 9.59 Å². The molecule has 4 heteroatoms. The van der Waals surface area contributed by atoms with Crippen molar-refractivity contribution in [2.45, 2.75) is 19.4 Å². The molecular weight excluding hydrogens is 182 g/mol. The monoisotopic (exact) mass is 195 g/mol. The van der Waals surface area contributed by atoms with Gasteiger partial charge < -0.3 is 9.30 Å². The summed E-state index contributed by atoms with van der Waals surface area (Å²) in [5.41, 5.74) is 0.656. The van der Waals surface area contributed by atoms with Crippen LogP contribution in [0.2, 0.25) is 0 Å². The van der Waals surface area contributed by atoms with Crippen LogP contribution in [-0.4, -0.2) is 23.9 Å². The van der Waals surface area contributed by atoms with Gasteiger partial charge in [-0.15, -0.1) is 0 Å². The third-order valence-electron chi connectivity index (χ3n) is 1.93. The first-order valence-corrected chi connectivity index (χ1v) is 4.44. The number of ether oxygens (including phenoxy) is 1. The Hall–Kier alpha value is -1.58. The fraction of sp³-hybridized carbons (Fsp3) is 0.400. The minimum absolute atomic E-state index is 0.201. The fourth-order valence-corrected chi connectivity index (χ4v) is 1.18. The molecule has 0 aromatic carbocycles. The topological polar surface area (TPSA) is 48.3 Å². The van der Waals surface area contributed by atoms with E-state index in [0.717, 1.165) is 19.3 Å². The van der Waals surface area contributed by atoms with E-state index in [1.54, 1.807) is 12.3 Å². The molecule has 14 heavy (non-hydrogen) atoms. The van der Waals surface area contributed by atoms with Crippen LogP contribution in [0.1, 0.15) is 23.2 Å². The molecule has 1 heterocycles. The molecule has 0 atom stereocenters. The van der Waals surface area contributed by atoms with E-state index in [1.807, 2.05) is 10.8 Å². The predicted molar refractivity (Wildman–Crippen MR) is 51.1 cm³/mol. The number of carbonyl (C=O) groups excluding carboxylic acids is 2. The molecule has 0 radical (unpaired) electrons. The van der Waals surface area contributed by atoms with E-state index < -0.39 is 0 Å². The second-order valence-corrected chi connectivity index (χ2v) is 2.98. The summed E-state index contributed by atoms with van der Waals surface area (Å²) in [7, 11) is 1.38. The molecule has 0 fully saturated rings. The van der Waals surface area contributed by atoms with E-state index in [2.05, 4.69) is 4.74 Å². The van der Waals surface area contributed by atoms with Crippen LogP contribution in [0, 0.1) is 0 Å². The van der Waals surface area contributed by atoms with Crippen LogP contribution in [0.3, 0.4) is 0 Å². The molecule has 4 nitrogen and oxygen atoms in total. The molecule has 0 saturated heterocycles. The highest BCUT2D eigenvalue weighted by atomic mass is 16.5. The lowest BCUT2D eigenvalue weighted by molar-refractivity contribution is -0.140. The van der Waals surface area contributed by atoms with E-state index in [1.165, 1.54) is 7.11 Å². The van der Waals surface area contributed by atoms with Gasteiger partial charge in [-0.2, -0.15) is 0 Å². The molecule has 0 amide bonds. The molecule has 0 aliphatic heterocycles. The summed E-state index contributed by atoms with van der Waals surface area (Å²) >= 11 is 0. The Balaban J connectivity index is 2.31. The molecule has 0 aliphatic rings. The van der Waals surface area contributed by atoms with Crippen molar-refractivity contribution in [3.63, 3.8) is 0 Å². The van der Waals surface area contributed by atoms with Crippen LogP contribution in [0.15, 0.2) is 18.5 Å². The first-order chi connectivity index (χ1) is 6.76. The van der Waals surface area contributed by atoms with Crippen LogP contribution < -0.4 is 0 Å². The molecule has 0 bridgehead atoms. The van der Waals surface area contributed by atoms with E-state index in [-0.39, 0.29) is 5.97 Å². The normalized spacial score (nSPS) is 9.79. The third kappa shape index (κ3) is 3.05. The van der Waals surface area contributed by atoms with Gasteiger partial charge in [0.2, 0.25) is 0 Å². The average molecular weight is 195 g/mol. The Morgan fingerprint density at radius 2 is 2.43 bits per heavy atom. The molecule has 1 aromatic heterocycles. The van der Waals surface area contributed by atoms with Crippen molar-refractivity contribution in [3.8, 4) is 0 Å². The maximum Gasteiger partial charge on any atom is 0.305 e. The van der Waals surface area contributed by atoms with Gasteiger partial charge in [-0.25, -0.2) is 0 Å². The second-order valence-electron chi connectivity index (χ2n) is 2.98. The molecule has 76 valence electrons. The van der Waals surface area contributed by atoms with Gasteiger partial charge in [0, 0.05) is 30.9 Å². The molecule has 0 N–H and O–H groups in total. The number of methoxy groups -OCH3 is 1. The molecular formula is C10H13NO3. The molecule has 0 saturated carbocycles. The van der Waals surface area contributed by atoms with Crippen molar-refractivity contribution in [1.29, 1.82) is 0 Å². The van der Waals surface area contributed by atoms with E-state index >= 15 is 0 Å². The number of aldehydes is 1. The first-order valence-electron chi connectivity index (χ1n) is 4.44. The molecule has 1 rings (SSSR count). The highest BCUT2D eigenvalue weighted by Gasteiger charge is 2.00. The number of aryl methyl sites for hydroxylation is 1. The fourth-order valence-electron chi connectivity index (χ4n) is 1.18. The second kappa shape index (κ2) is 5.21. The molecule has 1 aromatic rings.